The Hall–Kier alpha value is -0.120. The maximum absolute atomic E-state index is 9.21. The van der Waals surface area contributed by atoms with Crippen molar-refractivity contribution in [3.05, 3.63) is 0 Å². The first-order valence-electron chi connectivity index (χ1n) is 9.48. The van der Waals surface area contributed by atoms with E-state index in [-0.39, 0.29) is 36.7 Å². The Morgan fingerprint density at radius 1 is 1.36 bits per heavy atom. The van der Waals surface area contributed by atoms with Gasteiger partial charge in [0.2, 0.25) is 0 Å². The minimum absolute atomic E-state index is 0. The molecule has 0 amide bonds. The topological polar surface area (TPSA) is 75.1 Å². The molecule has 0 spiro atoms. The molecule has 0 aliphatic carbocycles. The SMILES string of the molecule is CCNC(=NCC(CCO)CC(C)C)NCCCOC1CCOC1.I. The molecule has 0 aromatic heterocycles. The molecular weight excluding hydrogens is 433 g/mol. The quantitative estimate of drug-likeness (QED) is 0.177. The molecule has 1 rings (SSSR count). The fourth-order valence-corrected chi connectivity index (χ4v) is 2.87. The number of hydrogen-bond donors (Lipinski definition) is 3. The molecule has 1 fully saturated rings. The van der Waals surface area contributed by atoms with Crippen LogP contribution < -0.4 is 10.6 Å². The summed E-state index contributed by atoms with van der Waals surface area (Å²) in [5, 5.41) is 15.8. The van der Waals surface area contributed by atoms with Crippen LogP contribution in [0.1, 0.15) is 46.5 Å². The van der Waals surface area contributed by atoms with Crippen LogP contribution in [0.4, 0.5) is 0 Å². The third-order valence-corrected chi connectivity index (χ3v) is 4.05. The molecule has 25 heavy (non-hydrogen) atoms. The molecule has 1 aliphatic heterocycles. The van der Waals surface area contributed by atoms with Crippen LogP contribution in [-0.4, -0.2) is 63.2 Å². The van der Waals surface area contributed by atoms with E-state index in [9.17, 15) is 5.11 Å². The Labute approximate surface area is 170 Å². The van der Waals surface area contributed by atoms with Gasteiger partial charge in [0, 0.05) is 39.5 Å². The molecule has 0 aromatic rings. The highest BCUT2D eigenvalue weighted by atomic mass is 127. The first-order chi connectivity index (χ1) is 11.7. The van der Waals surface area contributed by atoms with Crippen LogP contribution in [0.15, 0.2) is 4.99 Å². The molecule has 7 heteroatoms. The van der Waals surface area contributed by atoms with Crippen molar-refractivity contribution >= 4 is 29.9 Å². The Morgan fingerprint density at radius 2 is 2.16 bits per heavy atom. The number of nitrogens with one attached hydrogen (secondary N) is 2. The molecule has 0 bridgehead atoms. The third-order valence-electron chi connectivity index (χ3n) is 4.05. The lowest BCUT2D eigenvalue weighted by Gasteiger charge is -2.17. The zero-order chi connectivity index (χ0) is 17.6. The highest BCUT2D eigenvalue weighted by Gasteiger charge is 2.15. The molecular formula is C18H38IN3O3. The van der Waals surface area contributed by atoms with Gasteiger partial charge >= 0.3 is 0 Å². The van der Waals surface area contributed by atoms with Gasteiger partial charge in [0.15, 0.2) is 5.96 Å². The van der Waals surface area contributed by atoms with E-state index in [0.717, 1.165) is 71.1 Å². The number of nitrogens with zero attached hydrogens (tertiary/aromatic N) is 1. The second-order valence-electron chi connectivity index (χ2n) is 6.86. The van der Waals surface area contributed by atoms with Crippen molar-refractivity contribution in [1.82, 2.24) is 10.6 Å². The predicted molar refractivity (Wildman–Crippen MR) is 114 cm³/mol. The molecule has 150 valence electrons. The van der Waals surface area contributed by atoms with Crippen molar-refractivity contribution < 1.29 is 14.6 Å². The number of aliphatic hydroxyl groups is 1. The summed E-state index contributed by atoms with van der Waals surface area (Å²) in [4.78, 5) is 4.68. The minimum Gasteiger partial charge on any atom is -0.396 e. The number of aliphatic hydroxyl groups excluding tert-OH is 1. The molecule has 3 N–H and O–H groups in total. The van der Waals surface area contributed by atoms with Gasteiger partial charge in [-0.15, -0.1) is 24.0 Å². The molecule has 1 saturated heterocycles. The Morgan fingerprint density at radius 3 is 2.76 bits per heavy atom. The van der Waals surface area contributed by atoms with Gasteiger partial charge < -0.3 is 25.2 Å². The van der Waals surface area contributed by atoms with Crippen LogP contribution in [0.5, 0.6) is 0 Å². The Kier molecular flexibility index (Phi) is 16.0. The lowest BCUT2D eigenvalue weighted by Crippen LogP contribution is -2.38. The highest BCUT2D eigenvalue weighted by molar-refractivity contribution is 14.0. The zero-order valence-corrected chi connectivity index (χ0v) is 18.5. The van der Waals surface area contributed by atoms with E-state index in [2.05, 4.69) is 36.4 Å². The van der Waals surface area contributed by atoms with Gasteiger partial charge in [-0.25, -0.2) is 0 Å². The van der Waals surface area contributed by atoms with Crippen LogP contribution >= 0.6 is 24.0 Å². The van der Waals surface area contributed by atoms with Gasteiger partial charge in [0.1, 0.15) is 0 Å². The second-order valence-corrected chi connectivity index (χ2v) is 6.86. The number of rotatable bonds is 12. The first kappa shape index (κ1) is 24.9. The fourth-order valence-electron chi connectivity index (χ4n) is 2.87. The van der Waals surface area contributed by atoms with E-state index in [1.165, 1.54) is 0 Å². The third kappa shape index (κ3) is 12.8. The number of guanidine groups is 1. The molecule has 1 aliphatic rings. The van der Waals surface area contributed by atoms with E-state index >= 15 is 0 Å². The van der Waals surface area contributed by atoms with E-state index in [0.29, 0.717) is 11.8 Å². The molecule has 0 aromatic carbocycles. The summed E-state index contributed by atoms with van der Waals surface area (Å²) in [6.07, 6.45) is 4.16. The van der Waals surface area contributed by atoms with Crippen molar-refractivity contribution in [2.45, 2.75) is 52.6 Å². The van der Waals surface area contributed by atoms with Crippen molar-refractivity contribution in [2.75, 3.05) is 46.1 Å². The average Bonchev–Trinajstić information content (AvgIpc) is 3.05. The van der Waals surface area contributed by atoms with E-state index in [1.54, 1.807) is 0 Å². The molecule has 0 saturated carbocycles. The standard InChI is InChI=1S/C18H37N3O3.HI/c1-4-19-18(21-13-16(6-9-22)12-15(2)3)20-8-5-10-24-17-7-11-23-14-17;/h15-17,22H,4-14H2,1-3H3,(H2,19,20,21);1H. The molecule has 2 unspecified atom stereocenters. The van der Waals surface area contributed by atoms with Gasteiger partial charge in [-0.2, -0.15) is 0 Å². The average molecular weight is 471 g/mol. The van der Waals surface area contributed by atoms with E-state index < -0.39 is 0 Å². The van der Waals surface area contributed by atoms with Crippen LogP contribution in [0, 0.1) is 11.8 Å². The highest BCUT2D eigenvalue weighted by Crippen LogP contribution is 2.15. The minimum atomic E-state index is 0. The molecule has 2 atom stereocenters. The van der Waals surface area contributed by atoms with Crippen molar-refractivity contribution in [1.29, 1.82) is 0 Å². The van der Waals surface area contributed by atoms with E-state index in [4.69, 9.17) is 9.47 Å². The van der Waals surface area contributed by atoms with Crippen molar-refractivity contribution in [3.8, 4) is 0 Å². The number of ether oxygens (including phenoxy) is 2. The number of hydrogen-bond acceptors (Lipinski definition) is 4. The Bertz CT molecular complexity index is 338. The molecule has 1 heterocycles. The summed E-state index contributed by atoms with van der Waals surface area (Å²) < 4.78 is 11.1. The van der Waals surface area contributed by atoms with Gasteiger partial charge in [0.25, 0.3) is 0 Å². The monoisotopic (exact) mass is 471 g/mol. The van der Waals surface area contributed by atoms with Crippen molar-refractivity contribution in [2.24, 2.45) is 16.8 Å². The molecule has 0 radical (unpaired) electrons. The predicted octanol–water partition coefficient (Wildman–Crippen LogP) is 2.40. The zero-order valence-electron chi connectivity index (χ0n) is 16.1. The fraction of sp³-hybridized carbons (Fsp3) is 0.944. The van der Waals surface area contributed by atoms with Crippen LogP contribution in [0.2, 0.25) is 0 Å². The molecule has 6 nitrogen and oxygen atoms in total. The van der Waals surface area contributed by atoms with Crippen molar-refractivity contribution in [3.63, 3.8) is 0 Å². The maximum atomic E-state index is 9.21. The first-order valence-corrected chi connectivity index (χ1v) is 9.48. The lowest BCUT2D eigenvalue weighted by molar-refractivity contribution is 0.0420. The number of halogens is 1. The lowest BCUT2D eigenvalue weighted by atomic mass is 9.94. The normalized spacial score (nSPS) is 18.9. The number of aliphatic imine (C=N–C) groups is 1. The van der Waals surface area contributed by atoms with Gasteiger partial charge in [-0.05, 0) is 44.4 Å². The summed E-state index contributed by atoms with van der Waals surface area (Å²) in [6, 6.07) is 0. The summed E-state index contributed by atoms with van der Waals surface area (Å²) in [5.74, 6) is 1.92. The van der Waals surface area contributed by atoms with Gasteiger partial charge in [-0.1, -0.05) is 13.8 Å². The summed E-state index contributed by atoms with van der Waals surface area (Å²) in [5.41, 5.74) is 0. The van der Waals surface area contributed by atoms with E-state index in [1.807, 2.05) is 0 Å². The van der Waals surface area contributed by atoms with Crippen LogP contribution in [-0.2, 0) is 9.47 Å². The van der Waals surface area contributed by atoms with Crippen LogP contribution in [0.25, 0.3) is 0 Å². The summed E-state index contributed by atoms with van der Waals surface area (Å²) >= 11 is 0. The Balaban J connectivity index is 0.00000576. The maximum Gasteiger partial charge on any atom is 0.191 e. The summed E-state index contributed by atoms with van der Waals surface area (Å²) in [7, 11) is 0. The van der Waals surface area contributed by atoms with Crippen LogP contribution in [0.3, 0.4) is 0 Å². The van der Waals surface area contributed by atoms with Gasteiger partial charge in [0.05, 0.1) is 12.7 Å². The largest absolute Gasteiger partial charge is 0.396 e. The van der Waals surface area contributed by atoms with Gasteiger partial charge in [-0.3, -0.25) is 4.99 Å². The smallest absolute Gasteiger partial charge is 0.191 e. The summed E-state index contributed by atoms with van der Waals surface area (Å²) in [6.45, 7) is 11.5. The second kappa shape index (κ2) is 16.1.